The van der Waals surface area contributed by atoms with E-state index in [1.165, 1.54) is 5.57 Å². The Labute approximate surface area is 135 Å². The van der Waals surface area contributed by atoms with Crippen molar-refractivity contribution in [2.75, 3.05) is 0 Å². The van der Waals surface area contributed by atoms with Gasteiger partial charge in [-0.05, 0) is 44.4 Å². The molecular weight excluding hydrogens is 286 g/mol. The van der Waals surface area contributed by atoms with Crippen LogP contribution in [0, 0.1) is 0 Å². The normalized spacial score (nSPS) is 15.1. The molecule has 0 spiro atoms. The molecule has 0 saturated heterocycles. The van der Waals surface area contributed by atoms with Gasteiger partial charge in [-0.25, -0.2) is 4.98 Å². The highest BCUT2D eigenvalue weighted by atomic mass is 16.3. The molecule has 4 heteroatoms. The lowest BCUT2D eigenvalue weighted by molar-refractivity contribution is 0.387. The number of allylic oxidation sites excluding steroid dienone is 4. The van der Waals surface area contributed by atoms with Gasteiger partial charge in [0.1, 0.15) is 5.52 Å². The third kappa shape index (κ3) is 2.40. The summed E-state index contributed by atoms with van der Waals surface area (Å²) >= 11 is 0. The Bertz CT molecular complexity index is 878. The highest BCUT2D eigenvalue weighted by Gasteiger charge is 2.26. The molecular formula is C19H19N3O. The smallest absolute Gasteiger partial charge is 0.230 e. The Kier molecular flexibility index (Phi) is 3.18. The topological polar surface area (TPSA) is 43.9 Å². The molecule has 0 aliphatic heterocycles. The summed E-state index contributed by atoms with van der Waals surface area (Å²) in [6.07, 6.45) is 12.8. The van der Waals surface area contributed by atoms with Gasteiger partial charge < -0.3 is 4.42 Å². The number of rotatable bonds is 3. The molecule has 0 bridgehead atoms. The van der Waals surface area contributed by atoms with Gasteiger partial charge in [-0.15, -0.1) is 0 Å². The van der Waals surface area contributed by atoms with Gasteiger partial charge in [-0.3, -0.25) is 4.68 Å². The second kappa shape index (κ2) is 5.23. The van der Waals surface area contributed by atoms with Crippen LogP contribution in [0.5, 0.6) is 0 Å². The molecule has 2 aromatic heterocycles. The summed E-state index contributed by atoms with van der Waals surface area (Å²) in [5.41, 5.74) is 3.66. The molecule has 116 valence electrons. The fourth-order valence-corrected chi connectivity index (χ4v) is 2.93. The van der Waals surface area contributed by atoms with Crippen molar-refractivity contribution < 1.29 is 4.42 Å². The number of oxazole rings is 1. The molecule has 2 heterocycles. The molecule has 0 unspecified atom stereocenters. The maximum absolute atomic E-state index is 5.83. The lowest BCUT2D eigenvalue weighted by Crippen LogP contribution is -2.29. The summed E-state index contributed by atoms with van der Waals surface area (Å²) in [4.78, 5) is 4.54. The van der Waals surface area contributed by atoms with Gasteiger partial charge in [-0.1, -0.05) is 30.4 Å². The zero-order valence-electron chi connectivity index (χ0n) is 13.4. The predicted octanol–water partition coefficient (Wildman–Crippen LogP) is 4.70. The van der Waals surface area contributed by atoms with Crippen LogP contribution in [0.4, 0.5) is 0 Å². The Morgan fingerprint density at radius 2 is 2.04 bits per heavy atom. The van der Waals surface area contributed by atoms with Gasteiger partial charge in [0.05, 0.1) is 17.3 Å². The van der Waals surface area contributed by atoms with Crippen molar-refractivity contribution in [3.8, 4) is 11.5 Å². The van der Waals surface area contributed by atoms with E-state index in [0.29, 0.717) is 5.89 Å². The number of benzene rings is 1. The Hall–Kier alpha value is -2.62. The van der Waals surface area contributed by atoms with Crippen LogP contribution in [-0.4, -0.2) is 14.8 Å². The summed E-state index contributed by atoms with van der Waals surface area (Å²) in [5, 5.41) is 4.55. The molecule has 4 nitrogen and oxygen atoms in total. The SMILES string of the molecule is CC(C)(C1=CCCC=C1)n1cc(-c2nc3ccccc3o2)cn1. The summed E-state index contributed by atoms with van der Waals surface area (Å²) < 4.78 is 7.82. The van der Waals surface area contributed by atoms with Crippen LogP contribution >= 0.6 is 0 Å². The van der Waals surface area contributed by atoms with Crippen molar-refractivity contribution in [3.63, 3.8) is 0 Å². The highest BCUT2D eigenvalue weighted by molar-refractivity contribution is 5.75. The van der Waals surface area contributed by atoms with E-state index in [1.807, 2.05) is 41.3 Å². The number of fused-ring (bicyclic) bond motifs is 1. The van der Waals surface area contributed by atoms with E-state index in [9.17, 15) is 0 Å². The minimum absolute atomic E-state index is 0.193. The van der Waals surface area contributed by atoms with Gasteiger partial charge in [0.2, 0.25) is 5.89 Å². The van der Waals surface area contributed by atoms with E-state index in [2.05, 4.69) is 42.2 Å². The van der Waals surface area contributed by atoms with E-state index in [4.69, 9.17) is 4.42 Å². The first kappa shape index (κ1) is 14.0. The number of aromatic nitrogens is 3. The molecule has 0 amide bonds. The first-order valence-electron chi connectivity index (χ1n) is 7.93. The molecule has 0 N–H and O–H groups in total. The van der Waals surface area contributed by atoms with Crippen LogP contribution in [0.3, 0.4) is 0 Å². The first-order valence-corrected chi connectivity index (χ1v) is 7.93. The lowest BCUT2D eigenvalue weighted by atomic mass is 9.90. The largest absolute Gasteiger partial charge is 0.436 e. The molecule has 3 aromatic rings. The minimum atomic E-state index is -0.193. The van der Waals surface area contributed by atoms with Crippen molar-refractivity contribution in [2.24, 2.45) is 0 Å². The molecule has 1 aliphatic rings. The van der Waals surface area contributed by atoms with Gasteiger partial charge in [0.15, 0.2) is 5.58 Å². The third-order valence-electron chi connectivity index (χ3n) is 4.40. The standard InChI is InChI=1S/C19H19N3O/c1-19(2,15-8-4-3-5-9-15)22-13-14(12-20-22)18-21-16-10-6-7-11-17(16)23-18/h4,6-13H,3,5H2,1-2H3. The number of para-hydroxylation sites is 2. The van der Waals surface area contributed by atoms with Gasteiger partial charge in [0.25, 0.3) is 0 Å². The fourth-order valence-electron chi connectivity index (χ4n) is 2.93. The predicted molar refractivity (Wildman–Crippen MR) is 91.0 cm³/mol. The number of hydrogen-bond acceptors (Lipinski definition) is 3. The average Bonchev–Trinajstić information content (AvgIpc) is 3.22. The first-order chi connectivity index (χ1) is 11.1. The summed E-state index contributed by atoms with van der Waals surface area (Å²) in [6.45, 7) is 4.36. The molecule has 0 atom stereocenters. The molecule has 0 fully saturated rings. The molecule has 23 heavy (non-hydrogen) atoms. The van der Waals surface area contributed by atoms with Crippen LogP contribution in [0.25, 0.3) is 22.6 Å². The maximum Gasteiger partial charge on any atom is 0.230 e. The monoisotopic (exact) mass is 305 g/mol. The van der Waals surface area contributed by atoms with Crippen LogP contribution in [0.15, 0.2) is 64.9 Å². The molecule has 0 radical (unpaired) electrons. The molecule has 0 saturated carbocycles. The Morgan fingerprint density at radius 3 is 2.83 bits per heavy atom. The zero-order chi connectivity index (χ0) is 15.9. The third-order valence-corrected chi connectivity index (χ3v) is 4.40. The van der Waals surface area contributed by atoms with E-state index < -0.39 is 0 Å². The van der Waals surface area contributed by atoms with E-state index >= 15 is 0 Å². The van der Waals surface area contributed by atoms with E-state index in [1.54, 1.807) is 0 Å². The summed E-state index contributed by atoms with van der Waals surface area (Å²) in [6, 6.07) is 7.79. The van der Waals surface area contributed by atoms with Gasteiger partial charge in [0, 0.05) is 6.20 Å². The molecule has 4 rings (SSSR count). The summed E-state index contributed by atoms with van der Waals surface area (Å²) in [5.74, 6) is 0.612. The minimum Gasteiger partial charge on any atom is -0.436 e. The van der Waals surface area contributed by atoms with Crippen molar-refractivity contribution in [1.82, 2.24) is 14.8 Å². The van der Waals surface area contributed by atoms with Gasteiger partial charge >= 0.3 is 0 Å². The maximum atomic E-state index is 5.83. The van der Waals surface area contributed by atoms with Gasteiger partial charge in [-0.2, -0.15) is 5.10 Å². The number of hydrogen-bond donors (Lipinski definition) is 0. The lowest BCUT2D eigenvalue weighted by Gasteiger charge is -2.28. The van der Waals surface area contributed by atoms with Crippen molar-refractivity contribution in [1.29, 1.82) is 0 Å². The van der Waals surface area contributed by atoms with Crippen LogP contribution in [-0.2, 0) is 5.54 Å². The van der Waals surface area contributed by atoms with E-state index in [-0.39, 0.29) is 5.54 Å². The van der Waals surface area contributed by atoms with Crippen molar-refractivity contribution in [3.05, 3.63) is 60.5 Å². The second-order valence-corrected chi connectivity index (χ2v) is 6.36. The Morgan fingerprint density at radius 1 is 1.17 bits per heavy atom. The molecule has 1 aromatic carbocycles. The molecule has 1 aliphatic carbocycles. The van der Waals surface area contributed by atoms with Crippen molar-refractivity contribution in [2.45, 2.75) is 32.2 Å². The second-order valence-electron chi connectivity index (χ2n) is 6.36. The fraction of sp³-hybridized carbons (Fsp3) is 0.263. The van der Waals surface area contributed by atoms with E-state index in [0.717, 1.165) is 29.5 Å². The quantitative estimate of drug-likeness (QED) is 0.704. The average molecular weight is 305 g/mol. The summed E-state index contributed by atoms with van der Waals surface area (Å²) in [7, 11) is 0. The zero-order valence-corrected chi connectivity index (χ0v) is 13.4. The highest BCUT2D eigenvalue weighted by Crippen LogP contribution is 2.31. The van der Waals surface area contributed by atoms with Crippen LogP contribution in [0.1, 0.15) is 26.7 Å². The Balaban J connectivity index is 1.71. The number of nitrogens with zero attached hydrogens (tertiary/aromatic N) is 3. The van der Waals surface area contributed by atoms with Crippen molar-refractivity contribution >= 4 is 11.1 Å². The van der Waals surface area contributed by atoms with Crippen LogP contribution < -0.4 is 0 Å². The van der Waals surface area contributed by atoms with Crippen LogP contribution in [0.2, 0.25) is 0 Å².